The Bertz CT molecular complexity index is 3670. The molecular weight excluding hydrogens is 715 g/mol. The Balaban J connectivity index is 1.32. The monoisotopic (exact) mass is 739 g/mol. The van der Waals surface area contributed by atoms with E-state index in [1.807, 2.05) is 84.9 Å². The second-order valence-corrected chi connectivity index (χ2v) is 14.6. The number of hydrogen-bond acceptors (Lipinski definition) is 5. The van der Waals surface area contributed by atoms with Gasteiger partial charge >= 0.3 is 0 Å². The van der Waals surface area contributed by atoms with Crippen LogP contribution >= 0.6 is 0 Å². The normalized spacial score (nSPS) is 11.7. The highest BCUT2D eigenvalue weighted by Crippen LogP contribution is 2.46. The van der Waals surface area contributed by atoms with Crippen LogP contribution in [0.2, 0.25) is 0 Å². The first kappa shape index (κ1) is 31.7. The number of rotatable bonds is 3. The summed E-state index contributed by atoms with van der Waals surface area (Å²) in [6, 6.07) is 57.2. The first-order valence-corrected chi connectivity index (χ1v) is 18.8. The smallest absolute Gasteiger partial charge is 0.137 e. The van der Waals surface area contributed by atoms with E-state index < -0.39 is 0 Å². The average molecular weight is 740 g/mol. The molecule has 4 aromatic heterocycles. The standard InChI is InChI=1S/C51H25N5O2/c52-26-29-21-30(27-53)23-31(22-29)32-24-42(55-40-13-5-1-9-33(40)35-17-19-46-48(50(35)55)37-11-3-7-15-44(37)57-46)39(28-54)43(25-32)56-41-14-6-2-10-34(41)36-18-20-47-49(51(36)56)38-12-4-8-16-45(38)58-47/h1-25H. The zero-order valence-corrected chi connectivity index (χ0v) is 30.5. The van der Waals surface area contributed by atoms with Crippen LogP contribution in [0.5, 0.6) is 0 Å². The summed E-state index contributed by atoms with van der Waals surface area (Å²) in [5.41, 5.74) is 10.6. The van der Waals surface area contributed by atoms with E-state index in [-0.39, 0.29) is 0 Å². The van der Waals surface area contributed by atoms with Gasteiger partial charge in [0.25, 0.3) is 0 Å². The molecule has 0 N–H and O–H groups in total. The molecule has 266 valence electrons. The zero-order valence-electron chi connectivity index (χ0n) is 30.5. The Morgan fingerprint density at radius 3 is 1.28 bits per heavy atom. The minimum absolute atomic E-state index is 0.369. The molecule has 12 aromatic rings. The molecule has 0 aliphatic rings. The van der Waals surface area contributed by atoms with Crippen LogP contribution in [-0.2, 0) is 0 Å². The van der Waals surface area contributed by atoms with Gasteiger partial charge in [-0.05, 0) is 90.0 Å². The molecule has 0 saturated heterocycles. The van der Waals surface area contributed by atoms with Gasteiger partial charge in [-0.15, -0.1) is 0 Å². The Hall–Kier alpha value is -8.57. The van der Waals surface area contributed by atoms with Crippen molar-refractivity contribution in [3.63, 3.8) is 0 Å². The predicted octanol–water partition coefficient (Wildman–Crippen LogP) is 13.0. The molecule has 0 atom stereocenters. The minimum Gasteiger partial charge on any atom is -0.456 e. The Kier molecular flexibility index (Phi) is 6.41. The van der Waals surface area contributed by atoms with Gasteiger partial charge in [0.15, 0.2) is 0 Å². The fourth-order valence-corrected chi connectivity index (χ4v) is 9.20. The number of fused-ring (bicyclic) bond motifs is 14. The first-order chi connectivity index (χ1) is 28.6. The van der Waals surface area contributed by atoms with E-state index in [4.69, 9.17) is 8.83 Å². The summed E-state index contributed by atoms with van der Waals surface area (Å²) >= 11 is 0. The molecule has 0 saturated carbocycles. The first-order valence-electron chi connectivity index (χ1n) is 18.8. The van der Waals surface area contributed by atoms with E-state index >= 15 is 0 Å². The average Bonchev–Trinajstić information content (AvgIpc) is 4.03. The highest BCUT2D eigenvalue weighted by Gasteiger charge is 2.26. The van der Waals surface area contributed by atoms with Crippen LogP contribution in [0.25, 0.3) is 110 Å². The van der Waals surface area contributed by atoms with Crippen molar-refractivity contribution in [2.24, 2.45) is 0 Å². The maximum atomic E-state index is 11.6. The van der Waals surface area contributed by atoms with Gasteiger partial charge in [0.05, 0.1) is 67.5 Å². The van der Waals surface area contributed by atoms with E-state index in [0.29, 0.717) is 33.6 Å². The van der Waals surface area contributed by atoms with Gasteiger partial charge in [-0.3, -0.25) is 0 Å². The van der Waals surface area contributed by atoms with Crippen LogP contribution in [0.3, 0.4) is 0 Å². The summed E-state index contributed by atoms with van der Waals surface area (Å²) in [4.78, 5) is 0. The second kappa shape index (κ2) is 11.7. The lowest BCUT2D eigenvalue weighted by Gasteiger charge is -2.19. The third-order valence-electron chi connectivity index (χ3n) is 11.6. The molecule has 0 fully saturated rings. The van der Waals surface area contributed by atoms with Gasteiger partial charge in [-0.2, -0.15) is 15.8 Å². The van der Waals surface area contributed by atoms with Crippen molar-refractivity contribution >= 4 is 87.5 Å². The number of furan rings is 2. The topological polar surface area (TPSA) is 108 Å². The fourth-order valence-electron chi connectivity index (χ4n) is 9.20. The largest absolute Gasteiger partial charge is 0.456 e. The highest BCUT2D eigenvalue weighted by molar-refractivity contribution is 6.26. The minimum atomic E-state index is 0.369. The molecule has 0 radical (unpaired) electrons. The molecule has 0 aliphatic heterocycles. The summed E-state index contributed by atoms with van der Waals surface area (Å²) in [7, 11) is 0. The number of benzene rings is 8. The number of nitriles is 3. The molecular formula is C51H25N5O2. The lowest BCUT2D eigenvalue weighted by Crippen LogP contribution is -2.05. The molecule has 58 heavy (non-hydrogen) atoms. The molecule has 7 heteroatoms. The van der Waals surface area contributed by atoms with Crippen LogP contribution in [0.15, 0.2) is 160 Å². The van der Waals surface area contributed by atoms with Crippen LogP contribution in [0, 0.1) is 34.0 Å². The SMILES string of the molecule is N#Cc1cc(C#N)cc(-c2cc(-n3c4ccccc4c4ccc5oc6ccccc6c5c43)c(C#N)c(-n3c4ccccc4c4ccc5oc6ccccc6c5c43)c2)c1. The number of hydrogen-bond donors (Lipinski definition) is 0. The van der Waals surface area contributed by atoms with E-state index in [1.165, 1.54) is 0 Å². The number of aromatic nitrogens is 2. The Morgan fingerprint density at radius 1 is 0.379 bits per heavy atom. The van der Waals surface area contributed by atoms with Crippen LogP contribution in [0.1, 0.15) is 16.7 Å². The molecule has 0 spiro atoms. The lowest BCUT2D eigenvalue weighted by molar-refractivity contribution is 0.669. The van der Waals surface area contributed by atoms with E-state index in [0.717, 1.165) is 93.1 Å². The van der Waals surface area contributed by atoms with Crippen LogP contribution in [0.4, 0.5) is 0 Å². The lowest BCUT2D eigenvalue weighted by atomic mass is 9.97. The van der Waals surface area contributed by atoms with Gasteiger partial charge in [0.1, 0.15) is 34.0 Å². The van der Waals surface area contributed by atoms with Crippen LogP contribution < -0.4 is 0 Å². The molecule has 0 bridgehead atoms. The number of para-hydroxylation sites is 4. The van der Waals surface area contributed by atoms with Crippen molar-refractivity contribution in [2.75, 3.05) is 0 Å². The van der Waals surface area contributed by atoms with Gasteiger partial charge < -0.3 is 18.0 Å². The summed E-state index contributed by atoms with van der Waals surface area (Å²) in [6.45, 7) is 0. The molecule has 4 heterocycles. The van der Waals surface area contributed by atoms with E-state index in [9.17, 15) is 15.8 Å². The van der Waals surface area contributed by atoms with Crippen molar-refractivity contribution in [3.05, 3.63) is 168 Å². The van der Waals surface area contributed by atoms with Crippen molar-refractivity contribution in [1.29, 1.82) is 15.8 Å². The van der Waals surface area contributed by atoms with E-state index in [2.05, 4.69) is 75.9 Å². The maximum absolute atomic E-state index is 11.6. The van der Waals surface area contributed by atoms with Gasteiger partial charge in [-0.1, -0.05) is 72.8 Å². The molecule has 0 aliphatic carbocycles. The zero-order chi connectivity index (χ0) is 38.6. The summed E-state index contributed by atoms with van der Waals surface area (Å²) in [5.74, 6) is 0. The third-order valence-corrected chi connectivity index (χ3v) is 11.6. The van der Waals surface area contributed by atoms with Crippen LogP contribution in [-0.4, -0.2) is 9.13 Å². The summed E-state index contributed by atoms with van der Waals surface area (Å²) in [6.07, 6.45) is 0. The van der Waals surface area contributed by atoms with Gasteiger partial charge in [-0.25, -0.2) is 0 Å². The quantitative estimate of drug-likeness (QED) is 0.179. The highest BCUT2D eigenvalue weighted by atomic mass is 16.3. The van der Waals surface area contributed by atoms with Crippen molar-refractivity contribution in [3.8, 4) is 40.7 Å². The third kappa shape index (κ3) is 4.23. The van der Waals surface area contributed by atoms with Gasteiger partial charge in [0, 0.05) is 32.3 Å². The Labute approximate surface area is 329 Å². The molecule has 7 nitrogen and oxygen atoms in total. The maximum Gasteiger partial charge on any atom is 0.137 e. The number of nitrogens with zero attached hydrogens (tertiary/aromatic N) is 5. The van der Waals surface area contributed by atoms with Crippen molar-refractivity contribution in [2.45, 2.75) is 0 Å². The summed E-state index contributed by atoms with van der Waals surface area (Å²) in [5, 5.41) is 39.7. The fraction of sp³-hybridized carbons (Fsp3) is 0. The molecule has 0 amide bonds. The summed E-state index contributed by atoms with van der Waals surface area (Å²) < 4.78 is 17.3. The predicted molar refractivity (Wildman–Crippen MR) is 229 cm³/mol. The molecule has 0 unspecified atom stereocenters. The van der Waals surface area contributed by atoms with E-state index in [1.54, 1.807) is 18.2 Å². The molecule has 12 rings (SSSR count). The molecule has 8 aromatic carbocycles. The van der Waals surface area contributed by atoms with Crippen molar-refractivity contribution < 1.29 is 8.83 Å². The van der Waals surface area contributed by atoms with Crippen molar-refractivity contribution in [1.82, 2.24) is 9.13 Å². The van der Waals surface area contributed by atoms with Gasteiger partial charge in [0.2, 0.25) is 0 Å². The second-order valence-electron chi connectivity index (χ2n) is 14.6. The Morgan fingerprint density at radius 2 is 0.810 bits per heavy atom.